The van der Waals surface area contributed by atoms with Crippen molar-refractivity contribution in [2.45, 2.75) is 18.4 Å². The first-order valence-electron chi connectivity index (χ1n) is 8.75. The van der Waals surface area contributed by atoms with Crippen molar-refractivity contribution in [2.24, 2.45) is 0 Å². The number of hydrogen-bond acceptors (Lipinski definition) is 3. The molecule has 3 rings (SSSR count). The highest BCUT2D eigenvalue weighted by molar-refractivity contribution is 6.30. The maximum absolute atomic E-state index is 12.6. The summed E-state index contributed by atoms with van der Waals surface area (Å²) >= 11 is 5.83. The van der Waals surface area contributed by atoms with Gasteiger partial charge in [0.15, 0.2) is 0 Å². The van der Waals surface area contributed by atoms with Gasteiger partial charge in [0.05, 0.1) is 0 Å². The third kappa shape index (κ3) is 4.48. The fourth-order valence-electron chi connectivity index (χ4n) is 3.23. The molecule has 0 saturated heterocycles. The topological polar surface area (TPSA) is 99.3 Å². The zero-order valence-electron chi connectivity index (χ0n) is 15.2. The second-order valence-electron chi connectivity index (χ2n) is 6.45. The molecule has 1 heterocycles. The van der Waals surface area contributed by atoms with Gasteiger partial charge in [-0.05, 0) is 35.9 Å². The molecule has 0 aliphatic heterocycles. The molecule has 1 amide bonds. The Morgan fingerprint density at radius 3 is 2.52 bits per heavy atom. The summed E-state index contributed by atoms with van der Waals surface area (Å²) in [5.74, 6) is -0.174. The van der Waals surface area contributed by atoms with E-state index in [2.05, 4.69) is 16.2 Å². The predicted octanol–water partition coefficient (Wildman–Crippen LogP) is 3.17. The van der Waals surface area contributed by atoms with Crippen LogP contribution >= 0.6 is 11.6 Å². The first-order valence-corrected chi connectivity index (χ1v) is 9.13. The summed E-state index contributed by atoms with van der Waals surface area (Å²) in [4.78, 5) is 39.5. The molecule has 2 unspecified atom stereocenters. The largest absolute Gasteiger partial charge is 0.480 e. The summed E-state index contributed by atoms with van der Waals surface area (Å²) < 4.78 is 0. The lowest BCUT2D eigenvalue weighted by molar-refractivity contribution is -0.139. The second-order valence-corrected chi connectivity index (χ2v) is 6.88. The Balaban J connectivity index is 2.04. The highest BCUT2D eigenvalue weighted by atomic mass is 35.5. The second kappa shape index (κ2) is 8.63. The van der Waals surface area contributed by atoms with Crippen molar-refractivity contribution in [3.8, 4) is 12.3 Å². The Kier molecular flexibility index (Phi) is 6.01. The van der Waals surface area contributed by atoms with E-state index in [4.69, 9.17) is 18.0 Å². The molecule has 0 aliphatic carbocycles. The number of halogens is 1. The number of aromatic nitrogens is 1. The van der Waals surface area contributed by atoms with Crippen LogP contribution in [0.1, 0.15) is 28.3 Å². The number of aromatic amines is 1. The molecule has 7 heteroatoms. The summed E-state index contributed by atoms with van der Waals surface area (Å²) in [6, 6.07) is 13.1. The third-order valence-electron chi connectivity index (χ3n) is 4.58. The van der Waals surface area contributed by atoms with Crippen molar-refractivity contribution in [3.05, 3.63) is 81.1 Å². The fourth-order valence-corrected chi connectivity index (χ4v) is 3.36. The lowest BCUT2D eigenvalue weighted by atomic mass is 9.86. The number of carbonyl (C=O) groups excluding carboxylic acids is 1. The number of benzene rings is 2. The molecule has 0 spiro atoms. The van der Waals surface area contributed by atoms with Crippen LogP contribution in [0.4, 0.5) is 0 Å². The van der Waals surface area contributed by atoms with Gasteiger partial charge in [-0.1, -0.05) is 29.8 Å². The molecule has 29 heavy (non-hydrogen) atoms. The van der Waals surface area contributed by atoms with E-state index in [9.17, 15) is 19.5 Å². The molecule has 3 aromatic rings. The standard InChI is InChI=1S/C22H17ClN2O4/c1-2-5-16(17-12-19(26)24-18-7-4-3-6-15(17)18)20(22(28)29)25-21(27)13-8-10-14(23)11-9-13/h1,3-4,6-12,16,20H,5H2,(H,24,26)(H,25,27)(H,28,29). The number of carboxylic acids is 1. The van der Waals surface area contributed by atoms with Crippen LogP contribution in [0.5, 0.6) is 0 Å². The molecule has 2 atom stereocenters. The number of nitrogens with one attached hydrogen (secondary N) is 2. The Morgan fingerprint density at radius 2 is 1.86 bits per heavy atom. The molecular formula is C22H17ClN2O4. The first kappa shape index (κ1) is 20.2. The molecule has 0 radical (unpaired) electrons. The van der Waals surface area contributed by atoms with Gasteiger partial charge < -0.3 is 15.4 Å². The van der Waals surface area contributed by atoms with Gasteiger partial charge in [-0.3, -0.25) is 9.59 Å². The minimum atomic E-state index is -1.33. The van der Waals surface area contributed by atoms with E-state index >= 15 is 0 Å². The van der Waals surface area contributed by atoms with Crippen molar-refractivity contribution in [2.75, 3.05) is 0 Å². The maximum Gasteiger partial charge on any atom is 0.326 e. The molecule has 3 N–H and O–H groups in total. The third-order valence-corrected chi connectivity index (χ3v) is 4.83. The number of terminal acetylenes is 1. The Labute approximate surface area is 171 Å². The number of fused-ring (bicyclic) bond motifs is 1. The molecule has 0 fully saturated rings. The average molecular weight is 409 g/mol. The monoisotopic (exact) mass is 408 g/mol. The number of aliphatic carboxylic acids is 1. The summed E-state index contributed by atoms with van der Waals surface area (Å²) in [6.07, 6.45) is 5.51. The maximum atomic E-state index is 12.6. The lowest BCUT2D eigenvalue weighted by Crippen LogP contribution is -2.45. The van der Waals surface area contributed by atoms with Gasteiger partial charge >= 0.3 is 5.97 Å². The molecule has 146 valence electrons. The van der Waals surface area contributed by atoms with Gasteiger partial charge in [0.1, 0.15) is 6.04 Å². The lowest BCUT2D eigenvalue weighted by Gasteiger charge is -2.25. The Hall–Kier alpha value is -3.56. The van der Waals surface area contributed by atoms with E-state index < -0.39 is 23.8 Å². The van der Waals surface area contributed by atoms with E-state index in [-0.39, 0.29) is 17.5 Å². The van der Waals surface area contributed by atoms with Crippen molar-refractivity contribution >= 4 is 34.4 Å². The van der Waals surface area contributed by atoms with Crippen LogP contribution < -0.4 is 10.9 Å². The van der Waals surface area contributed by atoms with Crippen LogP contribution in [-0.4, -0.2) is 28.0 Å². The predicted molar refractivity (Wildman–Crippen MR) is 111 cm³/mol. The van der Waals surface area contributed by atoms with Gasteiger partial charge in [-0.25, -0.2) is 4.79 Å². The number of hydrogen-bond donors (Lipinski definition) is 3. The van der Waals surface area contributed by atoms with E-state index in [1.807, 2.05) is 0 Å². The van der Waals surface area contributed by atoms with Crippen LogP contribution in [0, 0.1) is 12.3 Å². The summed E-state index contributed by atoms with van der Waals surface area (Å²) in [7, 11) is 0. The number of carbonyl (C=O) groups is 2. The molecule has 1 aromatic heterocycles. The fraction of sp³-hybridized carbons (Fsp3) is 0.136. The molecule has 2 aromatic carbocycles. The SMILES string of the molecule is C#CCC(c1cc(=O)[nH]c2ccccc12)C(NC(=O)c1ccc(Cl)cc1)C(=O)O. The summed E-state index contributed by atoms with van der Waals surface area (Å²) in [6.45, 7) is 0. The number of para-hydroxylation sites is 1. The van der Waals surface area contributed by atoms with Crippen LogP contribution in [0.25, 0.3) is 10.9 Å². The molecule has 0 bridgehead atoms. The van der Waals surface area contributed by atoms with Crippen LogP contribution in [0.3, 0.4) is 0 Å². The van der Waals surface area contributed by atoms with E-state index in [0.29, 0.717) is 21.5 Å². The molecule has 6 nitrogen and oxygen atoms in total. The number of rotatable bonds is 6. The molecule has 0 aliphatic rings. The first-order chi connectivity index (χ1) is 13.9. The minimum Gasteiger partial charge on any atom is -0.480 e. The highest BCUT2D eigenvalue weighted by Crippen LogP contribution is 2.29. The van der Waals surface area contributed by atoms with E-state index in [1.54, 1.807) is 24.3 Å². The van der Waals surface area contributed by atoms with Crippen molar-refractivity contribution < 1.29 is 14.7 Å². The van der Waals surface area contributed by atoms with Crippen LogP contribution in [0.2, 0.25) is 5.02 Å². The van der Waals surface area contributed by atoms with Crippen LogP contribution in [0.15, 0.2) is 59.4 Å². The van der Waals surface area contributed by atoms with Gasteiger partial charge in [-0.15, -0.1) is 12.3 Å². The Bertz CT molecular complexity index is 1160. The van der Waals surface area contributed by atoms with Gasteiger partial charge in [0.2, 0.25) is 5.56 Å². The van der Waals surface area contributed by atoms with E-state index in [1.165, 1.54) is 30.3 Å². The smallest absolute Gasteiger partial charge is 0.326 e. The van der Waals surface area contributed by atoms with E-state index in [0.717, 1.165) is 0 Å². The summed E-state index contributed by atoms with van der Waals surface area (Å²) in [5.41, 5.74) is 0.904. The average Bonchev–Trinajstić information content (AvgIpc) is 2.70. The van der Waals surface area contributed by atoms with Crippen molar-refractivity contribution in [1.29, 1.82) is 0 Å². The highest BCUT2D eigenvalue weighted by Gasteiger charge is 2.32. The Morgan fingerprint density at radius 1 is 1.17 bits per heavy atom. The number of pyridine rings is 1. The zero-order valence-corrected chi connectivity index (χ0v) is 15.9. The summed E-state index contributed by atoms with van der Waals surface area (Å²) in [5, 5.41) is 13.5. The van der Waals surface area contributed by atoms with Crippen molar-refractivity contribution in [3.63, 3.8) is 0 Å². The zero-order chi connectivity index (χ0) is 21.0. The molecule has 0 saturated carbocycles. The number of H-pyrrole nitrogens is 1. The van der Waals surface area contributed by atoms with Gasteiger partial charge in [0, 0.05) is 39.9 Å². The quantitative estimate of drug-likeness (QED) is 0.545. The minimum absolute atomic E-state index is 0.0192. The van der Waals surface area contributed by atoms with Crippen molar-refractivity contribution in [1.82, 2.24) is 10.3 Å². The van der Waals surface area contributed by atoms with Gasteiger partial charge in [0.25, 0.3) is 5.91 Å². The van der Waals surface area contributed by atoms with Crippen LogP contribution in [-0.2, 0) is 4.79 Å². The van der Waals surface area contributed by atoms with Gasteiger partial charge in [-0.2, -0.15) is 0 Å². The normalized spacial score (nSPS) is 12.7. The molecular weight excluding hydrogens is 392 g/mol. The number of amides is 1. The number of carboxylic acid groups (broad SMARTS) is 1.